The molecule has 1 fully saturated rings. The predicted molar refractivity (Wildman–Crippen MR) is 77.2 cm³/mol. The number of hydrogen-bond donors (Lipinski definition) is 6. The monoisotopic (exact) mass is 341 g/mol. The summed E-state index contributed by atoms with van der Waals surface area (Å²) >= 11 is 0. The number of nitrogen functional groups attached to an aromatic ring is 1. The molecule has 4 atom stereocenters. The lowest BCUT2D eigenvalue weighted by Crippen LogP contribution is -2.37. The van der Waals surface area contributed by atoms with Crippen LogP contribution in [0.15, 0.2) is 11.1 Å². The first-order valence-electron chi connectivity index (χ1n) is 6.79. The number of primary amides is 1. The van der Waals surface area contributed by atoms with Crippen molar-refractivity contribution < 1.29 is 24.6 Å². The normalized spacial score (nSPS) is 26.8. The maximum atomic E-state index is 11.8. The molecule has 13 nitrogen and oxygen atoms in total. The van der Waals surface area contributed by atoms with E-state index in [1.54, 1.807) is 0 Å². The quantitative estimate of drug-likeness (QED) is 0.311. The van der Waals surface area contributed by atoms with E-state index in [9.17, 15) is 19.8 Å². The summed E-state index contributed by atoms with van der Waals surface area (Å²) in [6.07, 6.45) is -3.49. The molecule has 130 valence electrons. The minimum absolute atomic E-state index is 0.00425. The highest BCUT2D eigenvalue weighted by Crippen LogP contribution is 2.31. The Morgan fingerprint density at radius 2 is 2.25 bits per heavy atom. The number of H-pyrrole nitrogens is 1. The Labute approximate surface area is 133 Å². The van der Waals surface area contributed by atoms with Crippen molar-refractivity contribution in [2.24, 2.45) is 5.73 Å². The van der Waals surface area contributed by atoms with Gasteiger partial charge in [0, 0.05) is 0 Å². The molecule has 1 saturated heterocycles. The summed E-state index contributed by atoms with van der Waals surface area (Å²) < 4.78 is 6.79. The number of hydrogen-bond acceptors (Lipinski definition) is 9. The highest BCUT2D eigenvalue weighted by molar-refractivity contribution is 5.70. The van der Waals surface area contributed by atoms with Gasteiger partial charge in [-0.2, -0.15) is 4.98 Å². The number of aromatic amines is 1. The third-order valence-corrected chi connectivity index (χ3v) is 3.48. The Hall–Kier alpha value is -2.74. The molecule has 0 spiro atoms. The second kappa shape index (κ2) is 6.04. The van der Waals surface area contributed by atoms with Crippen LogP contribution in [0, 0.1) is 0 Å². The van der Waals surface area contributed by atoms with Gasteiger partial charge in [0.25, 0.3) is 5.56 Å². The van der Waals surface area contributed by atoms with Crippen LogP contribution in [0.4, 0.5) is 10.7 Å². The van der Waals surface area contributed by atoms with Crippen molar-refractivity contribution in [3.05, 3.63) is 16.7 Å². The summed E-state index contributed by atoms with van der Waals surface area (Å²) in [5.41, 5.74) is 11.8. The van der Waals surface area contributed by atoms with Crippen LogP contribution >= 0.6 is 0 Å². The van der Waals surface area contributed by atoms with E-state index in [0.29, 0.717) is 0 Å². The molecule has 0 aliphatic carbocycles. The van der Waals surface area contributed by atoms with Crippen molar-refractivity contribution >= 4 is 23.1 Å². The van der Waals surface area contributed by atoms with E-state index in [0.717, 1.165) is 0 Å². The van der Waals surface area contributed by atoms with Crippen LogP contribution in [0.5, 0.6) is 0 Å². The van der Waals surface area contributed by atoms with E-state index in [4.69, 9.17) is 21.0 Å². The average Bonchev–Trinajstić information content (AvgIpc) is 3.03. The summed E-state index contributed by atoms with van der Waals surface area (Å²) in [6.45, 7) is -0.263. The molecule has 24 heavy (non-hydrogen) atoms. The zero-order valence-corrected chi connectivity index (χ0v) is 12.1. The highest BCUT2D eigenvalue weighted by atomic mass is 16.7. The molecular weight excluding hydrogens is 326 g/mol. The molecule has 0 bridgehead atoms. The number of nitrogens with two attached hydrogens (primary N) is 2. The largest absolute Gasteiger partial charge is 0.387 e. The van der Waals surface area contributed by atoms with Gasteiger partial charge < -0.3 is 26.4 Å². The van der Waals surface area contributed by atoms with Gasteiger partial charge in [-0.1, -0.05) is 0 Å². The molecule has 2 aromatic heterocycles. The van der Waals surface area contributed by atoms with Gasteiger partial charge in [0.1, 0.15) is 24.9 Å². The van der Waals surface area contributed by atoms with Gasteiger partial charge in [-0.05, 0) is 0 Å². The SMILES string of the molecule is NC(=O)NOC[C@H]1O[C@@H](n2cnc3c(=O)[nH]c(N)nc32)[C@H](O)[C@@H]1O. The lowest BCUT2D eigenvalue weighted by molar-refractivity contribution is -0.0781. The van der Waals surface area contributed by atoms with Crippen LogP contribution < -0.4 is 22.5 Å². The van der Waals surface area contributed by atoms with Gasteiger partial charge in [-0.3, -0.25) is 19.2 Å². The molecule has 8 N–H and O–H groups in total. The smallest absolute Gasteiger partial charge is 0.336 e. The van der Waals surface area contributed by atoms with Crippen LogP contribution in [0.25, 0.3) is 11.2 Å². The number of rotatable bonds is 4. The number of aromatic nitrogens is 4. The molecule has 3 heterocycles. The van der Waals surface area contributed by atoms with Crippen molar-refractivity contribution in [2.75, 3.05) is 12.3 Å². The average molecular weight is 341 g/mol. The van der Waals surface area contributed by atoms with Gasteiger partial charge in [-0.25, -0.2) is 15.3 Å². The Kier molecular flexibility index (Phi) is 4.06. The Morgan fingerprint density at radius 1 is 1.50 bits per heavy atom. The summed E-state index contributed by atoms with van der Waals surface area (Å²) in [6, 6.07) is -0.918. The summed E-state index contributed by atoms with van der Waals surface area (Å²) in [4.78, 5) is 37.2. The predicted octanol–water partition coefficient (Wildman–Crippen LogP) is -3.08. The molecule has 3 rings (SSSR count). The van der Waals surface area contributed by atoms with E-state index in [1.807, 2.05) is 5.48 Å². The molecule has 0 saturated carbocycles. The maximum Gasteiger partial charge on any atom is 0.336 e. The zero-order chi connectivity index (χ0) is 17.4. The van der Waals surface area contributed by atoms with Crippen LogP contribution in [0.2, 0.25) is 0 Å². The zero-order valence-electron chi connectivity index (χ0n) is 12.1. The van der Waals surface area contributed by atoms with E-state index in [-0.39, 0.29) is 23.7 Å². The third-order valence-electron chi connectivity index (χ3n) is 3.48. The number of carbonyl (C=O) groups is 1. The van der Waals surface area contributed by atoms with Gasteiger partial charge in [0.15, 0.2) is 17.4 Å². The van der Waals surface area contributed by atoms with Gasteiger partial charge in [-0.15, -0.1) is 0 Å². The number of imidazole rings is 1. The lowest BCUT2D eigenvalue weighted by atomic mass is 10.1. The van der Waals surface area contributed by atoms with E-state index >= 15 is 0 Å². The molecule has 1 aliphatic heterocycles. The van der Waals surface area contributed by atoms with Gasteiger partial charge in [0.2, 0.25) is 5.95 Å². The number of fused-ring (bicyclic) bond motifs is 1. The lowest BCUT2D eigenvalue weighted by Gasteiger charge is -2.16. The maximum absolute atomic E-state index is 11.8. The number of anilines is 1. The number of urea groups is 1. The first-order chi connectivity index (χ1) is 11.4. The fourth-order valence-corrected chi connectivity index (χ4v) is 2.42. The number of amides is 2. The summed E-state index contributed by atoms with van der Waals surface area (Å²) in [5, 5.41) is 20.2. The highest BCUT2D eigenvalue weighted by Gasteiger charge is 2.44. The number of ether oxygens (including phenoxy) is 1. The number of aliphatic hydroxyl groups is 2. The van der Waals surface area contributed by atoms with Crippen LogP contribution in [0.1, 0.15) is 6.23 Å². The molecule has 2 aromatic rings. The van der Waals surface area contributed by atoms with Crippen molar-refractivity contribution in [1.29, 1.82) is 0 Å². The molecule has 13 heteroatoms. The van der Waals surface area contributed by atoms with Crippen molar-refractivity contribution in [2.45, 2.75) is 24.5 Å². The minimum atomic E-state index is -1.35. The Bertz CT molecular complexity index is 819. The topological polar surface area (TPSA) is 204 Å². The fraction of sp³-hybridized carbons (Fsp3) is 0.455. The molecule has 0 unspecified atom stereocenters. The van der Waals surface area contributed by atoms with Crippen LogP contribution in [0.3, 0.4) is 0 Å². The fourth-order valence-electron chi connectivity index (χ4n) is 2.42. The van der Waals surface area contributed by atoms with Crippen molar-refractivity contribution in [3.8, 4) is 0 Å². The second-order valence-electron chi connectivity index (χ2n) is 5.10. The minimum Gasteiger partial charge on any atom is -0.387 e. The van der Waals surface area contributed by atoms with Crippen molar-refractivity contribution in [1.82, 2.24) is 25.0 Å². The molecule has 1 aliphatic rings. The molecule has 0 radical (unpaired) electrons. The first kappa shape index (κ1) is 16.1. The van der Waals surface area contributed by atoms with E-state index in [2.05, 4.69) is 15.0 Å². The Morgan fingerprint density at radius 3 is 2.96 bits per heavy atom. The first-order valence-corrected chi connectivity index (χ1v) is 6.79. The van der Waals surface area contributed by atoms with Gasteiger partial charge in [0.05, 0.1) is 6.33 Å². The number of nitrogens with one attached hydrogen (secondary N) is 2. The molecular formula is C11H15N7O6. The van der Waals surface area contributed by atoms with Crippen LogP contribution in [-0.2, 0) is 9.57 Å². The third kappa shape index (κ3) is 2.76. The number of aliphatic hydroxyl groups excluding tert-OH is 2. The van der Waals surface area contributed by atoms with E-state index < -0.39 is 36.1 Å². The summed E-state index contributed by atoms with van der Waals surface area (Å²) in [7, 11) is 0. The second-order valence-corrected chi connectivity index (χ2v) is 5.10. The van der Waals surface area contributed by atoms with Crippen molar-refractivity contribution in [3.63, 3.8) is 0 Å². The standard InChI is InChI=1S/C11H15N7O6/c12-10-15-7-4(8(21)16-10)14-2-18(7)9-6(20)5(19)3(24-9)1-23-17-11(13)22/h2-3,5-6,9,19-20H,1H2,(H3,13,17,22)(H3,12,15,16,21)/t3-,5-,6-,9-/m1/s1. The van der Waals surface area contributed by atoms with Gasteiger partial charge >= 0.3 is 6.03 Å². The number of nitrogens with zero attached hydrogens (tertiary/aromatic N) is 3. The molecule has 2 amide bonds. The number of hydroxylamine groups is 1. The molecule has 0 aromatic carbocycles. The Balaban J connectivity index is 1.85. The van der Waals surface area contributed by atoms with Crippen LogP contribution in [-0.4, -0.2) is 60.7 Å². The summed E-state index contributed by atoms with van der Waals surface area (Å²) in [5.74, 6) is -0.132. The van der Waals surface area contributed by atoms with E-state index in [1.165, 1.54) is 10.9 Å². The number of carbonyl (C=O) groups excluding carboxylic acids is 1.